The third-order valence-electron chi connectivity index (χ3n) is 2.54. The molecule has 0 unspecified atom stereocenters. The first kappa shape index (κ1) is 13.4. The van der Waals surface area contributed by atoms with Crippen LogP contribution in [-0.4, -0.2) is 23.8 Å². The molecule has 4 heteroatoms. The maximum absolute atomic E-state index is 11.5. The predicted molar refractivity (Wildman–Crippen MR) is 64.3 cm³/mol. The maximum atomic E-state index is 11.5. The van der Waals surface area contributed by atoms with Gasteiger partial charge in [-0.25, -0.2) is 4.79 Å². The van der Waals surface area contributed by atoms with Crippen LogP contribution in [0.5, 0.6) is 11.5 Å². The standard InChI is InChI=1S/C13H18O4/c1-8-7-11(9(2)6-10(8)14)17-13(3,4)12(15)16-5/h6-7,14H,1-5H3. The van der Waals surface area contributed by atoms with Crippen molar-refractivity contribution in [3.63, 3.8) is 0 Å². The number of phenols is 1. The first-order valence-electron chi connectivity index (χ1n) is 5.35. The highest BCUT2D eigenvalue weighted by Gasteiger charge is 2.31. The van der Waals surface area contributed by atoms with Crippen molar-refractivity contribution in [1.29, 1.82) is 0 Å². The Labute approximate surface area is 101 Å². The van der Waals surface area contributed by atoms with Crippen molar-refractivity contribution >= 4 is 5.97 Å². The van der Waals surface area contributed by atoms with Crippen molar-refractivity contribution in [2.24, 2.45) is 0 Å². The van der Waals surface area contributed by atoms with Crippen LogP contribution in [0.15, 0.2) is 12.1 Å². The fourth-order valence-electron chi connectivity index (χ4n) is 1.45. The van der Waals surface area contributed by atoms with Gasteiger partial charge in [0.15, 0.2) is 5.60 Å². The molecule has 0 aliphatic carbocycles. The van der Waals surface area contributed by atoms with Gasteiger partial charge in [-0.1, -0.05) is 0 Å². The van der Waals surface area contributed by atoms with Crippen LogP contribution in [0.2, 0.25) is 0 Å². The third-order valence-corrected chi connectivity index (χ3v) is 2.54. The summed E-state index contributed by atoms with van der Waals surface area (Å²) < 4.78 is 10.3. The number of carbonyl (C=O) groups excluding carboxylic acids is 1. The van der Waals surface area contributed by atoms with E-state index < -0.39 is 11.6 Å². The van der Waals surface area contributed by atoms with Gasteiger partial charge in [0.2, 0.25) is 0 Å². The van der Waals surface area contributed by atoms with Crippen LogP contribution in [0.25, 0.3) is 0 Å². The molecule has 1 aromatic rings. The zero-order valence-corrected chi connectivity index (χ0v) is 10.8. The van der Waals surface area contributed by atoms with E-state index in [-0.39, 0.29) is 5.75 Å². The van der Waals surface area contributed by atoms with Gasteiger partial charge < -0.3 is 14.6 Å². The van der Waals surface area contributed by atoms with Crippen LogP contribution in [0.1, 0.15) is 25.0 Å². The average molecular weight is 238 g/mol. The number of esters is 1. The topological polar surface area (TPSA) is 55.8 Å². The molecule has 0 radical (unpaired) electrons. The summed E-state index contributed by atoms with van der Waals surface area (Å²) in [6.45, 7) is 6.86. The van der Waals surface area contributed by atoms with Gasteiger partial charge in [-0.05, 0) is 51.0 Å². The highest BCUT2D eigenvalue weighted by Crippen LogP contribution is 2.29. The number of rotatable bonds is 3. The number of methoxy groups -OCH3 is 1. The van der Waals surface area contributed by atoms with E-state index in [0.29, 0.717) is 11.3 Å². The number of aryl methyl sites for hydroxylation is 2. The Morgan fingerprint density at radius 2 is 1.82 bits per heavy atom. The van der Waals surface area contributed by atoms with E-state index in [2.05, 4.69) is 4.74 Å². The van der Waals surface area contributed by atoms with E-state index in [9.17, 15) is 9.90 Å². The molecule has 0 saturated heterocycles. The van der Waals surface area contributed by atoms with Crippen LogP contribution in [0.4, 0.5) is 0 Å². The molecule has 0 fully saturated rings. The molecule has 1 rings (SSSR count). The lowest BCUT2D eigenvalue weighted by Gasteiger charge is -2.24. The molecule has 1 aromatic carbocycles. The van der Waals surface area contributed by atoms with Gasteiger partial charge in [0, 0.05) is 0 Å². The van der Waals surface area contributed by atoms with Gasteiger partial charge >= 0.3 is 5.97 Å². The molecule has 1 N–H and O–H groups in total. The van der Waals surface area contributed by atoms with Crippen LogP contribution in [0, 0.1) is 13.8 Å². The van der Waals surface area contributed by atoms with Crippen LogP contribution >= 0.6 is 0 Å². The molecule has 0 amide bonds. The molecule has 0 spiro atoms. The van der Waals surface area contributed by atoms with E-state index in [4.69, 9.17) is 4.74 Å². The molecule has 94 valence electrons. The number of aromatic hydroxyl groups is 1. The molecule has 4 nitrogen and oxygen atoms in total. The van der Waals surface area contributed by atoms with Gasteiger partial charge in [-0.3, -0.25) is 0 Å². The third kappa shape index (κ3) is 2.90. The minimum atomic E-state index is -1.05. The summed E-state index contributed by atoms with van der Waals surface area (Å²) >= 11 is 0. The summed E-state index contributed by atoms with van der Waals surface area (Å²) in [6.07, 6.45) is 0. The number of carbonyl (C=O) groups is 1. The summed E-state index contributed by atoms with van der Waals surface area (Å²) in [5.74, 6) is 0.337. The molecular weight excluding hydrogens is 220 g/mol. The van der Waals surface area contributed by atoms with Crippen molar-refractivity contribution in [2.75, 3.05) is 7.11 Å². The lowest BCUT2D eigenvalue weighted by molar-refractivity contribution is -0.156. The number of hydrogen-bond donors (Lipinski definition) is 1. The number of hydrogen-bond acceptors (Lipinski definition) is 4. The first-order valence-corrected chi connectivity index (χ1v) is 5.35. The molecule has 0 aromatic heterocycles. The van der Waals surface area contributed by atoms with Gasteiger partial charge in [0.05, 0.1) is 7.11 Å². The van der Waals surface area contributed by atoms with Crippen molar-refractivity contribution in [1.82, 2.24) is 0 Å². The van der Waals surface area contributed by atoms with Crippen molar-refractivity contribution in [3.8, 4) is 11.5 Å². The Morgan fingerprint density at radius 1 is 1.24 bits per heavy atom. The molecule has 0 aliphatic rings. The molecular formula is C13H18O4. The highest BCUT2D eigenvalue weighted by atomic mass is 16.6. The second-order valence-corrected chi connectivity index (χ2v) is 4.51. The smallest absolute Gasteiger partial charge is 0.349 e. The van der Waals surface area contributed by atoms with Crippen molar-refractivity contribution < 1.29 is 19.4 Å². The summed E-state index contributed by atoms with van der Waals surface area (Å²) in [7, 11) is 1.32. The number of phenolic OH excluding ortho intramolecular Hbond substituents is 1. The van der Waals surface area contributed by atoms with Gasteiger partial charge in [0.25, 0.3) is 0 Å². The molecule has 17 heavy (non-hydrogen) atoms. The van der Waals surface area contributed by atoms with Gasteiger partial charge in [0.1, 0.15) is 11.5 Å². The fraction of sp³-hybridized carbons (Fsp3) is 0.462. The molecule has 0 bridgehead atoms. The number of ether oxygens (including phenoxy) is 2. The highest BCUT2D eigenvalue weighted by molar-refractivity contribution is 5.79. The van der Waals surface area contributed by atoms with Crippen LogP contribution in [-0.2, 0) is 9.53 Å². The minimum absolute atomic E-state index is 0.214. The molecule has 0 atom stereocenters. The maximum Gasteiger partial charge on any atom is 0.349 e. The SMILES string of the molecule is COC(=O)C(C)(C)Oc1cc(C)c(O)cc1C. The van der Waals surface area contributed by atoms with Crippen molar-refractivity contribution in [2.45, 2.75) is 33.3 Å². The van der Waals surface area contributed by atoms with Gasteiger partial charge in [-0.2, -0.15) is 0 Å². The summed E-state index contributed by atoms with van der Waals surface area (Å²) in [4.78, 5) is 11.5. The number of benzene rings is 1. The second-order valence-electron chi connectivity index (χ2n) is 4.51. The monoisotopic (exact) mass is 238 g/mol. The Balaban J connectivity index is 3.03. The van der Waals surface area contributed by atoms with Crippen LogP contribution in [0.3, 0.4) is 0 Å². The van der Waals surface area contributed by atoms with E-state index in [0.717, 1.165) is 5.56 Å². The lowest BCUT2D eigenvalue weighted by Crippen LogP contribution is -2.39. The largest absolute Gasteiger partial charge is 0.508 e. The Morgan fingerprint density at radius 3 is 2.35 bits per heavy atom. The molecule has 0 saturated carbocycles. The summed E-state index contributed by atoms with van der Waals surface area (Å²) in [5, 5.41) is 9.53. The van der Waals surface area contributed by atoms with E-state index in [1.807, 2.05) is 6.92 Å². The van der Waals surface area contributed by atoms with Gasteiger partial charge in [-0.15, -0.1) is 0 Å². The second kappa shape index (κ2) is 4.65. The summed E-state index contributed by atoms with van der Waals surface area (Å²) in [5.41, 5.74) is 0.416. The minimum Gasteiger partial charge on any atom is -0.508 e. The van der Waals surface area contributed by atoms with E-state index >= 15 is 0 Å². The quantitative estimate of drug-likeness (QED) is 0.821. The fourth-order valence-corrected chi connectivity index (χ4v) is 1.45. The summed E-state index contributed by atoms with van der Waals surface area (Å²) in [6, 6.07) is 3.31. The Bertz CT molecular complexity index is 435. The van der Waals surface area contributed by atoms with E-state index in [1.54, 1.807) is 32.9 Å². The van der Waals surface area contributed by atoms with Crippen molar-refractivity contribution in [3.05, 3.63) is 23.3 Å². The predicted octanol–water partition coefficient (Wildman–Crippen LogP) is 2.34. The lowest BCUT2D eigenvalue weighted by atomic mass is 10.1. The molecule has 0 aliphatic heterocycles. The van der Waals surface area contributed by atoms with E-state index in [1.165, 1.54) is 7.11 Å². The Kier molecular flexibility index (Phi) is 3.66. The molecule has 0 heterocycles. The average Bonchev–Trinajstić information content (AvgIpc) is 2.24. The zero-order chi connectivity index (χ0) is 13.2. The Hall–Kier alpha value is -1.71. The first-order chi connectivity index (χ1) is 7.77. The zero-order valence-electron chi connectivity index (χ0n) is 10.8. The normalized spacial score (nSPS) is 11.1. The van der Waals surface area contributed by atoms with Crippen LogP contribution < -0.4 is 4.74 Å².